The zero-order valence-corrected chi connectivity index (χ0v) is 8.86. The van der Waals surface area contributed by atoms with Gasteiger partial charge in [0.1, 0.15) is 6.04 Å². The highest BCUT2D eigenvalue weighted by Crippen LogP contribution is 2.12. The van der Waals surface area contributed by atoms with Crippen LogP contribution < -0.4 is 5.32 Å². The molecule has 1 atom stereocenters. The van der Waals surface area contributed by atoms with Crippen molar-refractivity contribution in [2.75, 3.05) is 13.1 Å². The maximum Gasteiger partial charge on any atom is 0.318 e. The molecule has 1 aromatic heterocycles. The van der Waals surface area contributed by atoms with Crippen molar-refractivity contribution < 1.29 is 9.32 Å². The van der Waals surface area contributed by atoms with Crippen LogP contribution in [0.25, 0.3) is 0 Å². The number of amides is 2. The first-order valence-electron chi connectivity index (χ1n) is 5.02. The van der Waals surface area contributed by atoms with Crippen LogP contribution in [0.15, 0.2) is 4.52 Å². The number of nitrogens with one attached hydrogen (secondary N) is 1. The van der Waals surface area contributed by atoms with Gasteiger partial charge in [0.15, 0.2) is 5.82 Å². The van der Waals surface area contributed by atoms with Gasteiger partial charge in [0.05, 0.1) is 0 Å². The van der Waals surface area contributed by atoms with Crippen molar-refractivity contribution in [3.63, 3.8) is 0 Å². The van der Waals surface area contributed by atoms with Crippen molar-refractivity contribution >= 4 is 6.03 Å². The summed E-state index contributed by atoms with van der Waals surface area (Å²) in [7, 11) is 0. The molecule has 1 fully saturated rings. The Morgan fingerprint density at radius 2 is 2.33 bits per heavy atom. The fourth-order valence-electron chi connectivity index (χ4n) is 1.35. The molecule has 0 saturated carbocycles. The van der Waals surface area contributed by atoms with Crippen molar-refractivity contribution in [1.29, 1.82) is 0 Å². The van der Waals surface area contributed by atoms with E-state index < -0.39 is 0 Å². The Labute approximate surface area is 87.6 Å². The summed E-state index contributed by atoms with van der Waals surface area (Å²) in [4.78, 5) is 17.3. The molecule has 1 saturated heterocycles. The first-order valence-corrected chi connectivity index (χ1v) is 5.02. The van der Waals surface area contributed by atoms with Crippen LogP contribution in [0, 0.1) is 6.92 Å². The maximum atomic E-state index is 11.5. The van der Waals surface area contributed by atoms with Crippen molar-refractivity contribution in [3.05, 3.63) is 11.7 Å². The SMILES string of the molecule is Cc1noc(C(C)NC(=O)N2CCC2)n1. The molecule has 0 bridgehead atoms. The van der Waals surface area contributed by atoms with Gasteiger partial charge >= 0.3 is 6.03 Å². The number of hydrogen-bond donors (Lipinski definition) is 1. The summed E-state index contributed by atoms with van der Waals surface area (Å²) >= 11 is 0. The molecule has 6 heteroatoms. The molecule has 0 radical (unpaired) electrons. The lowest BCUT2D eigenvalue weighted by Crippen LogP contribution is -2.48. The summed E-state index contributed by atoms with van der Waals surface area (Å²) < 4.78 is 4.96. The quantitative estimate of drug-likeness (QED) is 0.785. The summed E-state index contributed by atoms with van der Waals surface area (Å²) in [5.74, 6) is 1.02. The molecule has 0 aliphatic carbocycles. The van der Waals surface area contributed by atoms with E-state index in [2.05, 4.69) is 15.5 Å². The molecule has 1 aliphatic heterocycles. The second-order valence-corrected chi connectivity index (χ2v) is 3.69. The lowest BCUT2D eigenvalue weighted by molar-refractivity contribution is 0.162. The van der Waals surface area contributed by atoms with Gasteiger partial charge in [-0.25, -0.2) is 4.79 Å². The zero-order valence-electron chi connectivity index (χ0n) is 8.86. The van der Waals surface area contributed by atoms with Crippen LogP contribution in [0.2, 0.25) is 0 Å². The van der Waals surface area contributed by atoms with Crippen LogP contribution in [0.1, 0.15) is 31.1 Å². The van der Waals surface area contributed by atoms with Crippen LogP contribution in [-0.2, 0) is 0 Å². The lowest BCUT2D eigenvalue weighted by Gasteiger charge is -2.31. The van der Waals surface area contributed by atoms with Crippen molar-refractivity contribution in [3.8, 4) is 0 Å². The van der Waals surface area contributed by atoms with Gasteiger partial charge in [0.2, 0.25) is 5.89 Å². The van der Waals surface area contributed by atoms with Gasteiger partial charge in [0.25, 0.3) is 0 Å². The summed E-state index contributed by atoms with van der Waals surface area (Å²) in [6, 6.07) is -0.302. The van der Waals surface area contributed by atoms with E-state index in [4.69, 9.17) is 4.52 Å². The molecule has 15 heavy (non-hydrogen) atoms. The predicted octanol–water partition coefficient (Wildman–Crippen LogP) is 0.854. The van der Waals surface area contributed by atoms with Crippen LogP contribution in [-0.4, -0.2) is 34.2 Å². The molecule has 1 unspecified atom stereocenters. The van der Waals surface area contributed by atoms with E-state index in [9.17, 15) is 4.79 Å². The second-order valence-electron chi connectivity index (χ2n) is 3.69. The Morgan fingerprint density at radius 3 is 2.80 bits per heavy atom. The van der Waals surface area contributed by atoms with Gasteiger partial charge in [-0.05, 0) is 20.3 Å². The third-order valence-electron chi connectivity index (χ3n) is 2.40. The Balaban J connectivity index is 1.91. The normalized spacial score (nSPS) is 17.1. The number of rotatable bonds is 2. The van der Waals surface area contributed by atoms with Gasteiger partial charge in [-0.15, -0.1) is 0 Å². The Morgan fingerprint density at radius 1 is 1.60 bits per heavy atom. The van der Waals surface area contributed by atoms with Crippen molar-refractivity contribution in [2.24, 2.45) is 0 Å². The van der Waals surface area contributed by atoms with Crippen LogP contribution in [0.3, 0.4) is 0 Å². The zero-order chi connectivity index (χ0) is 10.8. The first kappa shape index (κ1) is 9.95. The first-order chi connectivity index (χ1) is 7.16. The topological polar surface area (TPSA) is 71.3 Å². The Hall–Kier alpha value is -1.59. The minimum atomic E-state index is -0.237. The summed E-state index contributed by atoms with van der Waals surface area (Å²) in [6.45, 7) is 5.24. The van der Waals surface area contributed by atoms with E-state index in [1.165, 1.54) is 0 Å². The standard InChI is InChI=1S/C9H14N4O2/c1-6(8-11-7(2)12-15-8)10-9(14)13-4-3-5-13/h6H,3-5H2,1-2H3,(H,10,14). The number of urea groups is 1. The fraction of sp³-hybridized carbons (Fsp3) is 0.667. The lowest BCUT2D eigenvalue weighted by atomic mass is 10.2. The van der Waals surface area contributed by atoms with E-state index in [0.717, 1.165) is 19.5 Å². The van der Waals surface area contributed by atoms with E-state index in [0.29, 0.717) is 11.7 Å². The van der Waals surface area contributed by atoms with Gasteiger partial charge < -0.3 is 14.7 Å². The Bertz CT molecular complexity index is 359. The molecule has 2 rings (SSSR count). The molecule has 0 aromatic carbocycles. The molecule has 0 spiro atoms. The largest absolute Gasteiger partial charge is 0.337 e. The molecule has 1 aliphatic rings. The average molecular weight is 210 g/mol. The van der Waals surface area contributed by atoms with E-state index in [1.54, 1.807) is 11.8 Å². The minimum absolute atomic E-state index is 0.0652. The fourth-order valence-corrected chi connectivity index (χ4v) is 1.35. The monoisotopic (exact) mass is 210 g/mol. The molecule has 2 amide bonds. The van der Waals surface area contributed by atoms with Crippen LogP contribution >= 0.6 is 0 Å². The molecule has 1 aromatic rings. The summed E-state index contributed by atoms with van der Waals surface area (Å²) in [6.07, 6.45) is 1.08. The second kappa shape index (κ2) is 3.88. The number of nitrogens with zero attached hydrogens (tertiary/aromatic N) is 3. The van der Waals surface area contributed by atoms with Gasteiger partial charge in [-0.1, -0.05) is 5.16 Å². The average Bonchev–Trinajstić information content (AvgIpc) is 2.48. The molecule has 82 valence electrons. The number of carbonyl (C=O) groups excluding carboxylic acids is 1. The molecule has 6 nitrogen and oxygen atoms in total. The highest BCUT2D eigenvalue weighted by molar-refractivity contribution is 5.75. The van der Waals surface area contributed by atoms with E-state index >= 15 is 0 Å². The van der Waals surface area contributed by atoms with Gasteiger partial charge in [-0.3, -0.25) is 0 Å². The number of hydrogen-bond acceptors (Lipinski definition) is 4. The predicted molar refractivity (Wildman–Crippen MR) is 52.2 cm³/mol. The molecule has 2 heterocycles. The smallest absolute Gasteiger partial charge is 0.318 e. The van der Waals surface area contributed by atoms with Gasteiger partial charge in [-0.2, -0.15) is 4.98 Å². The van der Waals surface area contributed by atoms with Crippen molar-refractivity contribution in [1.82, 2.24) is 20.4 Å². The van der Waals surface area contributed by atoms with E-state index in [-0.39, 0.29) is 12.1 Å². The summed E-state index contributed by atoms with van der Waals surface area (Å²) in [5.41, 5.74) is 0. The highest BCUT2D eigenvalue weighted by atomic mass is 16.5. The summed E-state index contributed by atoms with van der Waals surface area (Å²) in [5, 5.41) is 6.48. The molecular weight excluding hydrogens is 196 g/mol. The molecular formula is C9H14N4O2. The highest BCUT2D eigenvalue weighted by Gasteiger charge is 2.23. The van der Waals surface area contributed by atoms with Crippen LogP contribution in [0.4, 0.5) is 4.79 Å². The molecule has 1 N–H and O–H groups in total. The third kappa shape index (κ3) is 2.08. The van der Waals surface area contributed by atoms with Crippen LogP contribution in [0.5, 0.6) is 0 Å². The Kier molecular flexibility index (Phi) is 2.57. The third-order valence-corrected chi connectivity index (χ3v) is 2.40. The van der Waals surface area contributed by atoms with Gasteiger partial charge in [0, 0.05) is 13.1 Å². The minimum Gasteiger partial charge on any atom is -0.337 e. The number of likely N-dealkylation sites (tertiary alicyclic amines) is 1. The maximum absolute atomic E-state index is 11.5. The van der Waals surface area contributed by atoms with Crippen molar-refractivity contribution in [2.45, 2.75) is 26.3 Å². The number of carbonyl (C=O) groups is 1. The number of aromatic nitrogens is 2. The van der Waals surface area contributed by atoms with E-state index in [1.807, 2.05) is 6.92 Å². The number of aryl methyl sites for hydroxylation is 1.